The highest BCUT2D eigenvalue weighted by Crippen LogP contribution is 2.25. The van der Waals surface area contributed by atoms with E-state index in [0.717, 1.165) is 33.1 Å². The van der Waals surface area contributed by atoms with E-state index in [1.807, 2.05) is 42.5 Å². The Bertz CT molecular complexity index is 1280. The zero-order valence-electron chi connectivity index (χ0n) is 13.6. The average Bonchev–Trinajstić information content (AvgIpc) is 3.04. The number of hydrogen-bond acceptors (Lipinski definition) is 4. The van der Waals surface area contributed by atoms with Gasteiger partial charge in [0.05, 0.1) is 16.6 Å². The second kappa shape index (κ2) is 5.63. The lowest BCUT2D eigenvalue weighted by atomic mass is 10.2. The standard InChI is InChI=1S/C20H13N5O/c26-20(12-4-3-9-21-11-12)22-13-7-8-16-17(10-13)23-18-14-5-1-2-6-15(14)24-19(18)25-16/h1-11H,(H,22,26)(H,24,25). The van der Waals surface area contributed by atoms with Crippen LogP contribution < -0.4 is 5.32 Å². The van der Waals surface area contributed by atoms with Gasteiger partial charge in [-0.2, -0.15) is 0 Å². The van der Waals surface area contributed by atoms with Crippen LogP contribution >= 0.6 is 0 Å². The SMILES string of the molecule is O=C(Nc1ccc2nc3[nH]c4ccccc4c3nc2c1)c1cccnc1. The molecule has 0 aliphatic heterocycles. The normalized spacial score (nSPS) is 11.2. The fourth-order valence-electron chi connectivity index (χ4n) is 3.03. The van der Waals surface area contributed by atoms with Crippen molar-refractivity contribution in [2.75, 3.05) is 5.32 Å². The molecular formula is C20H13N5O. The van der Waals surface area contributed by atoms with Crippen LogP contribution in [0.5, 0.6) is 0 Å². The lowest BCUT2D eigenvalue weighted by Gasteiger charge is -2.06. The number of nitrogens with zero attached hydrogens (tertiary/aromatic N) is 3. The second-order valence-electron chi connectivity index (χ2n) is 5.99. The van der Waals surface area contributed by atoms with Crippen LogP contribution in [0.4, 0.5) is 5.69 Å². The van der Waals surface area contributed by atoms with E-state index in [-0.39, 0.29) is 5.91 Å². The molecular weight excluding hydrogens is 326 g/mol. The lowest BCUT2D eigenvalue weighted by molar-refractivity contribution is 0.102. The lowest BCUT2D eigenvalue weighted by Crippen LogP contribution is -2.11. The van der Waals surface area contributed by atoms with E-state index in [1.54, 1.807) is 18.3 Å². The van der Waals surface area contributed by atoms with Gasteiger partial charge in [0.15, 0.2) is 5.65 Å². The number of amides is 1. The quantitative estimate of drug-likeness (QED) is 0.511. The Morgan fingerprint density at radius 1 is 0.962 bits per heavy atom. The summed E-state index contributed by atoms with van der Waals surface area (Å²) in [5.41, 5.74) is 5.25. The van der Waals surface area contributed by atoms with Crippen LogP contribution in [0, 0.1) is 0 Å². The van der Waals surface area contributed by atoms with Gasteiger partial charge < -0.3 is 10.3 Å². The molecule has 0 saturated heterocycles. The number of benzene rings is 2. The van der Waals surface area contributed by atoms with E-state index in [2.05, 4.69) is 20.3 Å². The Hall–Kier alpha value is -3.80. The number of anilines is 1. The van der Waals surface area contributed by atoms with Gasteiger partial charge in [0.1, 0.15) is 5.52 Å². The van der Waals surface area contributed by atoms with Crippen molar-refractivity contribution in [2.45, 2.75) is 0 Å². The minimum Gasteiger partial charge on any atom is -0.338 e. The summed E-state index contributed by atoms with van der Waals surface area (Å²) in [7, 11) is 0. The summed E-state index contributed by atoms with van der Waals surface area (Å²) < 4.78 is 0. The molecule has 0 bridgehead atoms. The third-order valence-electron chi connectivity index (χ3n) is 4.28. The summed E-state index contributed by atoms with van der Waals surface area (Å²) in [6.07, 6.45) is 3.17. The molecule has 0 aliphatic rings. The smallest absolute Gasteiger partial charge is 0.257 e. The van der Waals surface area contributed by atoms with Crippen LogP contribution in [0.2, 0.25) is 0 Å². The Morgan fingerprint density at radius 3 is 2.77 bits per heavy atom. The van der Waals surface area contributed by atoms with E-state index in [1.165, 1.54) is 6.20 Å². The molecule has 0 unspecified atom stereocenters. The highest BCUT2D eigenvalue weighted by molar-refractivity contribution is 6.07. The van der Waals surface area contributed by atoms with E-state index in [9.17, 15) is 4.79 Å². The molecule has 0 saturated carbocycles. The van der Waals surface area contributed by atoms with Crippen molar-refractivity contribution in [3.05, 3.63) is 72.6 Å². The number of fused-ring (bicyclic) bond motifs is 4. The fourth-order valence-corrected chi connectivity index (χ4v) is 3.03. The zero-order chi connectivity index (χ0) is 17.5. The second-order valence-corrected chi connectivity index (χ2v) is 5.99. The molecule has 6 nitrogen and oxygen atoms in total. The van der Waals surface area contributed by atoms with Crippen LogP contribution in [0.3, 0.4) is 0 Å². The van der Waals surface area contributed by atoms with Crippen molar-refractivity contribution in [1.29, 1.82) is 0 Å². The Morgan fingerprint density at radius 2 is 1.88 bits per heavy atom. The predicted octanol–water partition coefficient (Wildman–Crippen LogP) is 3.91. The summed E-state index contributed by atoms with van der Waals surface area (Å²) in [4.78, 5) is 29.0. The molecule has 0 spiro atoms. The van der Waals surface area contributed by atoms with Gasteiger partial charge in [-0.05, 0) is 36.4 Å². The number of rotatable bonds is 2. The van der Waals surface area contributed by atoms with Gasteiger partial charge in [-0.15, -0.1) is 0 Å². The first kappa shape index (κ1) is 14.5. The van der Waals surface area contributed by atoms with Gasteiger partial charge in [0.2, 0.25) is 0 Å². The molecule has 5 rings (SSSR count). The molecule has 124 valence electrons. The number of pyridine rings is 1. The third kappa shape index (κ3) is 2.36. The summed E-state index contributed by atoms with van der Waals surface area (Å²) >= 11 is 0. The van der Waals surface area contributed by atoms with Crippen molar-refractivity contribution in [3.63, 3.8) is 0 Å². The van der Waals surface area contributed by atoms with Crippen molar-refractivity contribution in [2.24, 2.45) is 0 Å². The number of nitrogens with one attached hydrogen (secondary N) is 2. The van der Waals surface area contributed by atoms with Crippen LogP contribution in [0.1, 0.15) is 10.4 Å². The van der Waals surface area contributed by atoms with Gasteiger partial charge in [-0.1, -0.05) is 18.2 Å². The largest absolute Gasteiger partial charge is 0.338 e. The minimum atomic E-state index is -0.210. The first-order chi connectivity index (χ1) is 12.8. The van der Waals surface area contributed by atoms with Crippen molar-refractivity contribution in [1.82, 2.24) is 19.9 Å². The Balaban J connectivity index is 1.59. The van der Waals surface area contributed by atoms with Gasteiger partial charge in [0, 0.05) is 29.0 Å². The molecule has 2 aromatic carbocycles. The van der Waals surface area contributed by atoms with E-state index in [4.69, 9.17) is 4.98 Å². The Kier molecular flexibility index (Phi) is 3.15. The molecule has 5 aromatic rings. The summed E-state index contributed by atoms with van der Waals surface area (Å²) in [6, 6.07) is 16.9. The highest BCUT2D eigenvalue weighted by Gasteiger charge is 2.10. The van der Waals surface area contributed by atoms with Crippen LogP contribution in [0.15, 0.2) is 67.0 Å². The average molecular weight is 339 g/mol. The molecule has 3 heterocycles. The number of hydrogen-bond donors (Lipinski definition) is 2. The molecule has 0 radical (unpaired) electrons. The molecule has 6 heteroatoms. The molecule has 26 heavy (non-hydrogen) atoms. The van der Waals surface area contributed by atoms with Crippen molar-refractivity contribution < 1.29 is 4.79 Å². The molecule has 0 aliphatic carbocycles. The minimum absolute atomic E-state index is 0.210. The van der Waals surface area contributed by atoms with Crippen LogP contribution in [-0.4, -0.2) is 25.8 Å². The summed E-state index contributed by atoms with van der Waals surface area (Å²) in [5, 5.41) is 3.90. The molecule has 0 fully saturated rings. The van der Waals surface area contributed by atoms with E-state index in [0.29, 0.717) is 11.3 Å². The van der Waals surface area contributed by atoms with E-state index < -0.39 is 0 Å². The number of aromatic amines is 1. The number of carbonyl (C=O) groups is 1. The van der Waals surface area contributed by atoms with Crippen LogP contribution in [0.25, 0.3) is 33.1 Å². The maximum absolute atomic E-state index is 12.3. The number of carbonyl (C=O) groups excluding carboxylic acids is 1. The number of aromatic nitrogens is 4. The monoisotopic (exact) mass is 339 g/mol. The molecule has 1 amide bonds. The van der Waals surface area contributed by atoms with Crippen molar-refractivity contribution in [3.8, 4) is 0 Å². The van der Waals surface area contributed by atoms with Gasteiger partial charge in [-0.25, -0.2) is 9.97 Å². The maximum atomic E-state index is 12.3. The molecule has 3 aromatic heterocycles. The highest BCUT2D eigenvalue weighted by atomic mass is 16.1. The number of para-hydroxylation sites is 1. The maximum Gasteiger partial charge on any atom is 0.257 e. The van der Waals surface area contributed by atoms with Crippen LogP contribution in [-0.2, 0) is 0 Å². The topological polar surface area (TPSA) is 83.6 Å². The fraction of sp³-hybridized carbons (Fsp3) is 0. The van der Waals surface area contributed by atoms with Gasteiger partial charge in [0.25, 0.3) is 5.91 Å². The summed E-state index contributed by atoms with van der Waals surface area (Å²) in [6.45, 7) is 0. The predicted molar refractivity (Wildman–Crippen MR) is 101 cm³/mol. The van der Waals surface area contributed by atoms with E-state index >= 15 is 0 Å². The first-order valence-corrected chi connectivity index (χ1v) is 8.17. The van der Waals surface area contributed by atoms with Crippen molar-refractivity contribution >= 4 is 44.7 Å². The zero-order valence-corrected chi connectivity index (χ0v) is 13.6. The third-order valence-corrected chi connectivity index (χ3v) is 4.28. The van der Waals surface area contributed by atoms with Gasteiger partial charge in [-0.3, -0.25) is 9.78 Å². The Labute approximate surface area is 147 Å². The first-order valence-electron chi connectivity index (χ1n) is 8.17. The number of H-pyrrole nitrogens is 1. The van der Waals surface area contributed by atoms with Gasteiger partial charge >= 0.3 is 0 Å². The molecule has 0 atom stereocenters. The molecule has 2 N–H and O–H groups in total. The summed E-state index contributed by atoms with van der Waals surface area (Å²) in [5.74, 6) is -0.210.